The molecule has 4 aliphatic carbocycles. The summed E-state index contributed by atoms with van der Waals surface area (Å²) in [5, 5.41) is 10.6. The average molecular weight is 630 g/mol. The topological polar surface area (TPSA) is 24.8 Å². The summed E-state index contributed by atoms with van der Waals surface area (Å²) in [6.07, 6.45) is 37.5. The molecule has 7 heteroatoms. The largest absolute Gasteiger partial charge is 2.00 e. The second kappa shape index (κ2) is 21.8. The van der Waals surface area contributed by atoms with Crippen LogP contribution in [0.2, 0.25) is 0 Å². The molecule has 4 saturated carbocycles. The van der Waals surface area contributed by atoms with E-state index in [9.17, 15) is 0 Å². The van der Waals surface area contributed by atoms with Crippen molar-refractivity contribution in [3.05, 3.63) is 125 Å². The Morgan fingerprint density at radius 2 is 1.34 bits per heavy atom. The van der Waals surface area contributed by atoms with Crippen LogP contribution in [-0.2, 0) is 38.9 Å². The van der Waals surface area contributed by atoms with Gasteiger partial charge in [-0.15, -0.1) is 11.8 Å². The standard InChI is InChI=1S/C21H28N2OS2.2C5H5.2Fe/c1-15(2)26-20-12-6-10-18(20)21(17-9-5-11-19(17)25-4)22-23-13-7-8-16(23)14-24-3;2*1-2-4-5-3-1;;/h5-6,9-12,15-16H,7-8,13-14H2,1-4H3;2*1-5H;;/q;;;2*+2/b22-21-;;;;/t16-;;;;/m0..../s1. The first-order valence-electron chi connectivity index (χ1n) is 12.5. The summed E-state index contributed by atoms with van der Waals surface area (Å²) in [6, 6.07) is 0.374. The molecule has 0 aromatic rings. The molecule has 1 aliphatic heterocycles. The van der Waals surface area contributed by atoms with Crippen molar-refractivity contribution >= 4 is 29.2 Å². The average Bonchev–Trinajstić information content (AvgIpc) is 3.70. The van der Waals surface area contributed by atoms with Crippen LogP contribution in [0.1, 0.15) is 26.7 Å². The monoisotopic (exact) mass is 630 g/mol. The number of nitrogens with zero attached hydrogens (tertiary/aromatic N) is 2. The minimum absolute atomic E-state index is 0. The zero-order valence-corrected chi connectivity index (χ0v) is 26.4. The maximum atomic E-state index is 5.42. The molecule has 1 saturated heterocycles. The van der Waals surface area contributed by atoms with Crippen molar-refractivity contribution in [3.8, 4) is 0 Å². The van der Waals surface area contributed by atoms with Crippen molar-refractivity contribution < 1.29 is 38.9 Å². The first kappa shape index (κ1) is 37.2. The molecule has 38 heavy (non-hydrogen) atoms. The molecule has 5 aliphatic rings. The van der Waals surface area contributed by atoms with E-state index in [0.29, 0.717) is 11.3 Å². The Morgan fingerprint density at radius 3 is 1.82 bits per heavy atom. The molecule has 5 rings (SSSR count). The summed E-state index contributed by atoms with van der Waals surface area (Å²) >= 11 is 3.69. The molecule has 0 N–H and O–H groups in total. The van der Waals surface area contributed by atoms with Crippen LogP contribution >= 0.6 is 23.5 Å². The zero-order valence-electron chi connectivity index (χ0n) is 22.5. The van der Waals surface area contributed by atoms with Crippen molar-refractivity contribution in [2.24, 2.45) is 5.10 Å². The number of ether oxygens (including phenoxy) is 1. The van der Waals surface area contributed by atoms with E-state index in [-0.39, 0.29) is 34.1 Å². The summed E-state index contributed by atoms with van der Waals surface area (Å²) in [6.45, 7) is 6.22. The van der Waals surface area contributed by atoms with Gasteiger partial charge in [0, 0.05) is 36.0 Å². The molecule has 0 spiro atoms. The van der Waals surface area contributed by atoms with Gasteiger partial charge >= 0.3 is 34.1 Å². The molecule has 5 fully saturated rings. The Hall–Kier alpha value is 1.17. The van der Waals surface area contributed by atoms with Crippen LogP contribution in [0.5, 0.6) is 0 Å². The predicted octanol–water partition coefficient (Wildman–Crippen LogP) is 6.46. The quantitative estimate of drug-likeness (QED) is 0.227. The van der Waals surface area contributed by atoms with E-state index in [1.165, 1.54) is 28.8 Å². The smallest absolute Gasteiger partial charge is 0.382 e. The Balaban J connectivity index is 0.000000501. The minimum atomic E-state index is 0. The van der Waals surface area contributed by atoms with E-state index in [1.54, 1.807) is 18.9 Å². The number of hydrogen-bond donors (Lipinski definition) is 0. The van der Waals surface area contributed by atoms with Gasteiger partial charge < -0.3 is 4.74 Å². The van der Waals surface area contributed by atoms with E-state index < -0.39 is 0 Å². The van der Waals surface area contributed by atoms with E-state index in [4.69, 9.17) is 9.84 Å². The zero-order chi connectivity index (χ0) is 25.6. The summed E-state index contributed by atoms with van der Waals surface area (Å²) in [7, 11) is 1.78. The molecule has 1 atom stereocenters. The van der Waals surface area contributed by atoms with Crippen LogP contribution in [0.4, 0.5) is 0 Å². The fourth-order valence-electron chi connectivity index (χ4n) is 4.07. The molecule has 1 heterocycles. The summed E-state index contributed by atoms with van der Waals surface area (Å²) < 4.78 is 5.42. The second-order valence-electron chi connectivity index (χ2n) is 8.77. The van der Waals surface area contributed by atoms with Crippen molar-refractivity contribution in [1.29, 1.82) is 0 Å². The summed E-state index contributed by atoms with van der Waals surface area (Å²) in [5.74, 6) is 2.48. The molecule has 0 aromatic heterocycles. The fourth-order valence-corrected chi connectivity index (χ4v) is 5.63. The maximum Gasteiger partial charge on any atom is 2.00 e. The molecule has 0 unspecified atom stereocenters. The molecule has 3 nitrogen and oxygen atoms in total. The molecule has 0 amide bonds. The van der Waals surface area contributed by atoms with Gasteiger partial charge in [0.1, 0.15) is 0 Å². The molecular weight excluding hydrogens is 592 g/mol. The predicted molar refractivity (Wildman–Crippen MR) is 157 cm³/mol. The van der Waals surface area contributed by atoms with Crippen LogP contribution in [0, 0.1) is 125 Å². The van der Waals surface area contributed by atoms with Crippen LogP contribution in [0.25, 0.3) is 0 Å². The second-order valence-corrected chi connectivity index (χ2v) is 11.2. The van der Waals surface area contributed by atoms with E-state index in [0.717, 1.165) is 25.3 Å². The van der Waals surface area contributed by atoms with Gasteiger partial charge in [-0.05, 0) is 127 Å². The number of rotatable bonds is 8. The number of hydrogen-bond acceptors (Lipinski definition) is 5. The van der Waals surface area contributed by atoms with Gasteiger partial charge in [0.15, 0.2) is 0 Å². The van der Waals surface area contributed by atoms with Crippen molar-refractivity contribution in [1.82, 2.24) is 5.01 Å². The summed E-state index contributed by atoms with van der Waals surface area (Å²) in [4.78, 5) is 0. The van der Waals surface area contributed by atoms with Gasteiger partial charge in [0.05, 0.1) is 18.4 Å². The number of thioether (sulfide) groups is 2. The molecule has 0 aromatic carbocycles. The Labute approximate surface area is 266 Å². The third kappa shape index (κ3) is 12.6. The minimum Gasteiger partial charge on any atom is -0.382 e. The van der Waals surface area contributed by atoms with Crippen LogP contribution in [-0.4, -0.2) is 48.5 Å². The Bertz CT molecular complexity index is 591. The van der Waals surface area contributed by atoms with E-state index in [2.05, 4.69) is 63.6 Å². The maximum absolute atomic E-state index is 5.42. The van der Waals surface area contributed by atoms with Gasteiger partial charge in [-0.2, -0.15) is 16.9 Å². The van der Waals surface area contributed by atoms with Gasteiger partial charge in [-0.25, -0.2) is 0 Å². The van der Waals surface area contributed by atoms with Crippen molar-refractivity contribution in [2.75, 3.05) is 26.5 Å². The van der Waals surface area contributed by atoms with Gasteiger partial charge in [0.2, 0.25) is 0 Å². The van der Waals surface area contributed by atoms with Crippen LogP contribution < -0.4 is 0 Å². The number of methoxy groups -OCH3 is 1. The fraction of sp³-hybridized carbons (Fsp3) is 0.323. The van der Waals surface area contributed by atoms with E-state index in [1.807, 2.05) is 76.0 Å². The number of hydrazone groups is 1. The SMILES string of the molecule is COC[C@@H]1CCCN1/N=C(/[C]1[CH][CH][CH][C]1SC)[C]1[CH][CH][CH][C]1SC(C)C.[CH]1[CH][CH][CH][CH]1.[CH]1[CH][CH][CH][CH]1.[Fe+2].[Fe+2]. The molecule has 0 bridgehead atoms. The summed E-state index contributed by atoms with van der Waals surface area (Å²) in [5.41, 5.74) is 1.09. The van der Waals surface area contributed by atoms with Crippen LogP contribution in [0.15, 0.2) is 5.10 Å². The first-order chi connectivity index (χ1) is 17.6. The van der Waals surface area contributed by atoms with Gasteiger partial charge in [-0.1, -0.05) is 13.8 Å². The molecular formula is C31H38Fe2N2OS2+4. The normalized spacial score (nSPS) is 25.1. The van der Waals surface area contributed by atoms with Crippen molar-refractivity contribution in [3.63, 3.8) is 0 Å². The van der Waals surface area contributed by atoms with Gasteiger partial charge in [-0.3, -0.25) is 5.01 Å². The van der Waals surface area contributed by atoms with Gasteiger partial charge in [0.25, 0.3) is 0 Å². The first-order valence-corrected chi connectivity index (χ1v) is 14.6. The van der Waals surface area contributed by atoms with E-state index >= 15 is 0 Å². The Kier molecular flexibility index (Phi) is 21.3. The third-order valence-corrected chi connectivity index (χ3v) is 7.57. The van der Waals surface area contributed by atoms with Crippen LogP contribution in [0.3, 0.4) is 0 Å². The molecule has 20 radical (unpaired) electrons. The third-order valence-electron chi connectivity index (χ3n) is 5.69. The Morgan fingerprint density at radius 1 is 0.842 bits per heavy atom. The molecule has 202 valence electrons. The van der Waals surface area contributed by atoms with Crippen molar-refractivity contribution in [2.45, 2.75) is 38.0 Å².